The lowest BCUT2D eigenvalue weighted by atomic mass is 10.0. The van der Waals surface area contributed by atoms with Crippen molar-refractivity contribution in [3.8, 4) is 11.5 Å². The molecule has 1 aliphatic rings. The third kappa shape index (κ3) is 3.79. The molecular weight excluding hydrogens is 328 g/mol. The summed E-state index contributed by atoms with van der Waals surface area (Å²) < 4.78 is 11.9. The minimum absolute atomic E-state index is 0.321. The summed E-state index contributed by atoms with van der Waals surface area (Å²) in [6.07, 6.45) is 3.56. The van der Waals surface area contributed by atoms with Gasteiger partial charge in [0.05, 0.1) is 6.10 Å². The second kappa shape index (κ2) is 6.99. The van der Waals surface area contributed by atoms with Crippen molar-refractivity contribution in [1.82, 2.24) is 0 Å². The van der Waals surface area contributed by atoms with E-state index in [1.165, 1.54) is 11.1 Å². The summed E-state index contributed by atoms with van der Waals surface area (Å²) in [6, 6.07) is 16.4. The van der Waals surface area contributed by atoms with Gasteiger partial charge in [-0.05, 0) is 36.5 Å². The third-order valence-electron chi connectivity index (χ3n) is 3.75. The third-order valence-corrected chi connectivity index (χ3v) is 4.21. The number of aryl methyl sites for hydroxylation is 1. The largest absolute Gasteiger partial charge is 0.490 e. The Balaban J connectivity index is 1.66. The van der Waals surface area contributed by atoms with E-state index in [2.05, 4.69) is 34.1 Å². The first-order valence-electron chi connectivity index (χ1n) is 7.37. The van der Waals surface area contributed by atoms with Crippen LogP contribution in [0.1, 0.15) is 24.0 Å². The Morgan fingerprint density at radius 1 is 1.14 bits per heavy atom. The highest BCUT2D eigenvalue weighted by Gasteiger charge is 2.19. The summed E-state index contributed by atoms with van der Waals surface area (Å²) in [5.74, 6) is 1.86. The van der Waals surface area contributed by atoms with Crippen LogP contribution in [0.5, 0.6) is 11.5 Å². The molecule has 1 aliphatic heterocycles. The van der Waals surface area contributed by atoms with E-state index in [0.717, 1.165) is 36.1 Å². The maximum absolute atomic E-state index is 6.06. The molecule has 3 heteroatoms. The molecule has 2 aromatic carbocycles. The fraction of sp³-hybridized carbons (Fsp3) is 0.333. The van der Waals surface area contributed by atoms with Gasteiger partial charge < -0.3 is 9.47 Å². The van der Waals surface area contributed by atoms with E-state index in [-0.39, 0.29) is 0 Å². The van der Waals surface area contributed by atoms with Gasteiger partial charge in [0.1, 0.15) is 18.1 Å². The lowest BCUT2D eigenvalue weighted by Gasteiger charge is -2.26. The molecule has 0 saturated carbocycles. The average molecular weight is 347 g/mol. The van der Waals surface area contributed by atoms with Crippen molar-refractivity contribution in [2.24, 2.45) is 0 Å². The predicted molar refractivity (Wildman–Crippen MR) is 88.4 cm³/mol. The maximum Gasteiger partial charge on any atom is 0.126 e. The lowest BCUT2D eigenvalue weighted by Crippen LogP contribution is -2.22. The zero-order chi connectivity index (χ0) is 14.5. The number of hydrogen-bond acceptors (Lipinski definition) is 2. The van der Waals surface area contributed by atoms with Gasteiger partial charge in [-0.15, -0.1) is 0 Å². The Morgan fingerprint density at radius 2 is 2.00 bits per heavy atom. The Bertz CT molecular complexity index is 583. The van der Waals surface area contributed by atoms with Crippen LogP contribution in [0.3, 0.4) is 0 Å². The molecule has 110 valence electrons. The predicted octanol–water partition coefficient (Wildman–Crippen LogP) is 4.74. The minimum Gasteiger partial charge on any atom is -0.490 e. The second-order valence-electron chi connectivity index (χ2n) is 5.30. The molecule has 0 spiro atoms. The van der Waals surface area contributed by atoms with Crippen molar-refractivity contribution in [1.29, 1.82) is 0 Å². The molecule has 0 saturated heterocycles. The normalized spacial score (nSPS) is 16.9. The highest BCUT2D eigenvalue weighted by atomic mass is 79.9. The molecule has 0 aliphatic carbocycles. The Kier molecular flexibility index (Phi) is 4.81. The molecule has 0 fully saturated rings. The zero-order valence-corrected chi connectivity index (χ0v) is 13.5. The van der Waals surface area contributed by atoms with Gasteiger partial charge in [0.15, 0.2) is 0 Å². The summed E-state index contributed by atoms with van der Waals surface area (Å²) in [7, 11) is 0. The van der Waals surface area contributed by atoms with E-state index in [9.17, 15) is 0 Å². The van der Waals surface area contributed by atoms with Gasteiger partial charge in [-0.2, -0.15) is 0 Å². The molecule has 0 N–H and O–H groups in total. The van der Waals surface area contributed by atoms with Gasteiger partial charge in [0.25, 0.3) is 0 Å². The average Bonchev–Trinajstić information content (AvgIpc) is 2.54. The summed E-state index contributed by atoms with van der Waals surface area (Å²) in [5.41, 5.74) is 2.46. The Hall–Kier alpha value is -1.48. The number of alkyl halides is 1. The molecule has 0 radical (unpaired) electrons. The topological polar surface area (TPSA) is 18.5 Å². The highest BCUT2D eigenvalue weighted by molar-refractivity contribution is 9.09. The van der Waals surface area contributed by atoms with Crippen molar-refractivity contribution in [3.05, 3.63) is 59.7 Å². The monoisotopic (exact) mass is 346 g/mol. The highest BCUT2D eigenvalue weighted by Crippen LogP contribution is 2.32. The van der Waals surface area contributed by atoms with Crippen LogP contribution < -0.4 is 9.47 Å². The fourth-order valence-electron chi connectivity index (χ4n) is 2.56. The summed E-state index contributed by atoms with van der Waals surface area (Å²) >= 11 is 3.49. The molecule has 21 heavy (non-hydrogen) atoms. The van der Waals surface area contributed by atoms with Crippen LogP contribution in [0.2, 0.25) is 0 Å². The van der Waals surface area contributed by atoms with Gasteiger partial charge in [-0.3, -0.25) is 0 Å². The molecule has 1 heterocycles. The number of rotatable bonds is 5. The van der Waals surface area contributed by atoms with E-state index in [1.807, 2.05) is 30.3 Å². The molecule has 0 bridgehead atoms. The first-order valence-corrected chi connectivity index (χ1v) is 8.49. The van der Waals surface area contributed by atoms with Crippen molar-refractivity contribution in [2.45, 2.75) is 32.0 Å². The minimum atomic E-state index is 0.321. The van der Waals surface area contributed by atoms with Crippen molar-refractivity contribution in [2.75, 3.05) is 5.33 Å². The molecule has 2 nitrogen and oxygen atoms in total. The van der Waals surface area contributed by atoms with Gasteiger partial charge >= 0.3 is 0 Å². The van der Waals surface area contributed by atoms with E-state index >= 15 is 0 Å². The van der Waals surface area contributed by atoms with E-state index in [0.29, 0.717) is 12.7 Å². The molecular formula is C18H19BrO2. The van der Waals surface area contributed by atoms with Crippen molar-refractivity contribution >= 4 is 15.9 Å². The quantitative estimate of drug-likeness (QED) is 0.727. The fourth-order valence-corrected chi connectivity index (χ4v) is 3.07. The van der Waals surface area contributed by atoms with Crippen LogP contribution in [0.4, 0.5) is 0 Å². The molecule has 1 unspecified atom stereocenters. The maximum atomic E-state index is 6.06. The number of fused-ring (bicyclic) bond motifs is 1. The second-order valence-corrected chi connectivity index (χ2v) is 6.09. The van der Waals surface area contributed by atoms with Gasteiger partial charge in [-0.25, -0.2) is 0 Å². The van der Waals surface area contributed by atoms with Crippen LogP contribution in [-0.2, 0) is 13.0 Å². The van der Waals surface area contributed by atoms with Crippen molar-refractivity contribution < 1.29 is 9.47 Å². The molecule has 0 aromatic heterocycles. The first-order chi connectivity index (χ1) is 10.3. The Morgan fingerprint density at radius 3 is 2.81 bits per heavy atom. The van der Waals surface area contributed by atoms with Crippen LogP contribution in [-0.4, -0.2) is 11.4 Å². The number of halogens is 1. The zero-order valence-electron chi connectivity index (χ0n) is 11.9. The number of benzene rings is 2. The van der Waals surface area contributed by atoms with Gasteiger partial charge in [0.2, 0.25) is 0 Å². The summed E-state index contributed by atoms with van der Waals surface area (Å²) in [4.78, 5) is 0. The van der Waals surface area contributed by atoms with Gasteiger partial charge in [-0.1, -0.05) is 52.3 Å². The van der Waals surface area contributed by atoms with E-state index < -0.39 is 0 Å². The van der Waals surface area contributed by atoms with Crippen LogP contribution in [0, 0.1) is 0 Å². The number of ether oxygens (including phenoxy) is 2. The van der Waals surface area contributed by atoms with E-state index in [4.69, 9.17) is 9.47 Å². The summed E-state index contributed by atoms with van der Waals surface area (Å²) in [5, 5.41) is 0.983. The van der Waals surface area contributed by atoms with Crippen LogP contribution >= 0.6 is 15.9 Å². The van der Waals surface area contributed by atoms with Gasteiger partial charge in [0, 0.05) is 11.4 Å². The molecule has 3 rings (SSSR count). The molecule has 2 aromatic rings. The SMILES string of the molecule is BrCCC1CCc2ccc(OCc3ccccc3)cc2O1. The first kappa shape index (κ1) is 14.5. The number of hydrogen-bond donors (Lipinski definition) is 0. The Labute approximate surface area is 134 Å². The molecule has 1 atom stereocenters. The molecule has 0 amide bonds. The standard InChI is InChI=1S/C18H19BrO2/c19-11-10-16-8-6-15-7-9-17(12-18(15)21-16)20-13-14-4-2-1-3-5-14/h1-5,7,9,12,16H,6,8,10-11,13H2. The van der Waals surface area contributed by atoms with Crippen LogP contribution in [0.15, 0.2) is 48.5 Å². The van der Waals surface area contributed by atoms with Crippen LogP contribution in [0.25, 0.3) is 0 Å². The van der Waals surface area contributed by atoms with E-state index in [1.54, 1.807) is 0 Å². The lowest BCUT2D eigenvalue weighted by molar-refractivity contribution is 0.170. The van der Waals surface area contributed by atoms with Crippen molar-refractivity contribution in [3.63, 3.8) is 0 Å². The smallest absolute Gasteiger partial charge is 0.126 e. The summed E-state index contributed by atoms with van der Waals surface area (Å²) in [6.45, 7) is 0.588.